The molecule has 1 fully saturated rings. The molecule has 0 atom stereocenters. The third-order valence-corrected chi connectivity index (χ3v) is 9.20. The number of nitrogens with two attached hydrogens (primary N) is 1. The summed E-state index contributed by atoms with van der Waals surface area (Å²) < 4.78 is 69.3. The van der Waals surface area contributed by atoms with Gasteiger partial charge in [-0.2, -0.15) is 12.7 Å². The molecule has 1 amide bonds. The van der Waals surface area contributed by atoms with Crippen molar-refractivity contribution in [1.29, 1.82) is 0 Å². The molecule has 2 aliphatic rings. The summed E-state index contributed by atoms with van der Waals surface area (Å²) in [6, 6.07) is 12.5. The summed E-state index contributed by atoms with van der Waals surface area (Å²) >= 11 is 0. The van der Waals surface area contributed by atoms with Gasteiger partial charge in [-0.15, -0.1) is 0 Å². The van der Waals surface area contributed by atoms with E-state index < -0.39 is 49.9 Å². The van der Waals surface area contributed by atoms with Gasteiger partial charge in [-0.05, 0) is 46.4 Å². The summed E-state index contributed by atoms with van der Waals surface area (Å²) in [5.41, 5.74) is 7.33. The number of anilines is 2. The van der Waals surface area contributed by atoms with E-state index in [0.717, 1.165) is 0 Å². The Hall–Kier alpha value is -3.68. The van der Waals surface area contributed by atoms with E-state index in [2.05, 4.69) is 0 Å². The third-order valence-electron chi connectivity index (χ3n) is 6.05. The lowest BCUT2D eigenvalue weighted by Crippen LogP contribution is -2.30. The summed E-state index contributed by atoms with van der Waals surface area (Å²) in [7, 11) is -8.00. The molecule has 0 aromatic heterocycles. The first-order valence-corrected chi connectivity index (χ1v) is 13.8. The van der Waals surface area contributed by atoms with Crippen molar-refractivity contribution < 1.29 is 31.1 Å². The van der Waals surface area contributed by atoms with Crippen LogP contribution in [0, 0.1) is 5.82 Å². The second-order valence-corrected chi connectivity index (χ2v) is 12.1. The number of amides is 1. The Morgan fingerprint density at radius 1 is 1.11 bits per heavy atom. The first-order valence-electron chi connectivity index (χ1n) is 10.7. The van der Waals surface area contributed by atoms with E-state index >= 15 is 4.39 Å². The van der Waals surface area contributed by atoms with Crippen LogP contribution in [0.1, 0.15) is 11.1 Å². The van der Waals surface area contributed by atoms with Gasteiger partial charge in [-0.3, -0.25) is 4.79 Å². The van der Waals surface area contributed by atoms with Crippen LogP contribution in [-0.4, -0.2) is 51.8 Å². The summed E-state index contributed by atoms with van der Waals surface area (Å²) in [4.78, 5) is 11.6. The molecule has 3 aromatic rings. The van der Waals surface area contributed by atoms with Crippen LogP contribution in [0.4, 0.5) is 15.8 Å². The minimum absolute atomic E-state index is 0.0109. The number of fused-ring (bicyclic) bond motifs is 1. The number of halogens is 1. The number of hydrogen-bond acceptors (Lipinski definition) is 7. The predicted molar refractivity (Wildman–Crippen MR) is 133 cm³/mol. The summed E-state index contributed by atoms with van der Waals surface area (Å²) in [5.74, 6) is -2.72. The molecule has 0 unspecified atom stereocenters. The molecule has 0 saturated carbocycles. The second kappa shape index (κ2) is 8.47. The molecule has 3 aromatic carbocycles. The van der Waals surface area contributed by atoms with Crippen molar-refractivity contribution in [3.8, 4) is 5.75 Å². The molecular formula is C23H21FN4O6S2. The highest BCUT2D eigenvalue weighted by Crippen LogP contribution is 2.39. The summed E-state index contributed by atoms with van der Waals surface area (Å²) in [6.07, 6.45) is 1.73. The molecule has 5 rings (SSSR count). The number of phenolic OH excluding ortho intramolecular Hbond substituents is 1. The lowest BCUT2D eigenvalue weighted by atomic mass is 10.0. The zero-order chi connectivity index (χ0) is 25.8. The molecule has 0 radical (unpaired) electrons. The molecule has 0 bridgehead atoms. The maximum Gasteiger partial charge on any atom is 0.326 e. The van der Waals surface area contributed by atoms with Crippen LogP contribution < -0.4 is 14.8 Å². The minimum atomic E-state index is -4.34. The van der Waals surface area contributed by atoms with Crippen molar-refractivity contribution in [3.63, 3.8) is 0 Å². The number of nitrogen functional groups attached to an aromatic ring is 1. The van der Waals surface area contributed by atoms with Crippen LogP contribution in [0.25, 0.3) is 16.3 Å². The largest absolute Gasteiger partial charge is 0.506 e. The molecule has 10 nitrogen and oxygen atoms in total. The SMILES string of the molecule is Nc1cccc(CS(=O)(=O)N2CC=C(c3ccc4cc(O)c(N5CC(=O)NS5(=O)=O)c(F)c4c3)C2)c1. The fraction of sp³-hybridized carbons (Fsp3) is 0.174. The van der Waals surface area contributed by atoms with Gasteiger partial charge in [0.1, 0.15) is 18.0 Å². The summed E-state index contributed by atoms with van der Waals surface area (Å²) in [6.45, 7) is -0.453. The number of phenols is 1. The van der Waals surface area contributed by atoms with Gasteiger partial charge in [-0.25, -0.2) is 21.8 Å². The Labute approximate surface area is 206 Å². The quantitative estimate of drug-likeness (QED) is 0.423. The lowest BCUT2D eigenvalue weighted by Gasteiger charge is -2.19. The van der Waals surface area contributed by atoms with Gasteiger partial charge in [0.25, 0.3) is 5.91 Å². The highest BCUT2D eigenvalue weighted by molar-refractivity contribution is 7.92. The van der Waals surface area contributed by atoms with Gasteiger partial charge in [-0.1, -0.05) is 30.3 Å². The number of carbonyl (C=O) groups is 1. The number of carbonyl (C=O) groups excluding carboxylic acids is 1. The van der Waals surface area contributed by atoms with Crippen molar-refractivity contribution in [2.45, 2.75) is 5.75 Å². The molecule has 2 heterocycles. The fourth-order valence-corrected chi connectivity index (χ4v) is 6.93. The second-order valence-electron chi connectivity index (χ2n) is 8.55. The minimum Gasteiger partial charge on any atom is -0.506 e. The molecule has 0 aliphatic carbocycles. The first kappa shape index (κ1) is 24.0. The number of nitrogens with zero attached hydrogens (tertiary/aromatic N) is 2. The highest BCUT2D eigenvalue weighted by atomic mass is 32.2. The normalized spacial score (nSPS) is 18.0. The van der Waals surface area contributed by atoms with Crippen LogP contribution in [0.5, 0.6) is 5.75 Å². The molecule has 2 aliphatic heterocycles. The van der Waals surface area contributed by atoms with Crippen molar-refractivity contribution in [1.82, 2.24) is 9.03 Å². The maximum absolute atomic E-state index is 15.5. The topological polar surface area (TPSA) is 150 Å². The van der Waals surface area contributed by atoms with E-state index in [9.17, 15) is 26.7 Å². The average Bonchev–Trinajstić information content (AvgIpc) is 3.38. The van der Waals surface area contributed by atoms with Gasteiger partial charge in [0.05, 0.1) is 5.75 Å². The third kappa shape index (κ3) is 4.25. The van der Waals surface area contributed by atoms with Gasteiger partial charge in [0, 0.05) is 24.2 Å². The summed E-state index contributed by atoms with van der Waals surface area (Å²) in [5, 5.41) is 10.6. The van der Waals surface area contributed by atoms with E-state index in [-0.39, 0.29) is 24.2 Å². The van der Waals surface area contributed by atoms with Crippen molar-refractivity contribution in [2.24, 2.45) is 0 Å². The number of sulfonamides is 1. The number of hydrogen-bond donors (Lipinski definition) is 3. The Balaban J connectivity index is 1.44. The van der Waals surface area contributed by atoms with Crippen LogP contribution in [0.15, 0.2) is 54.6 Å². The van der Waals surface area contributed by atoms with E-state index in [1.807, 2.05) is 0 Å². The van der Waals surface area contributed by atoms with E-state index in [0.29, 0.717) is 32.1 Å². The van der Waals surface area contributed by atoms with Crippen LogP contribution >= 0.6 is 0 Å². The number of rotatable bonds is 5. The number of benzene rings is 3. The fourth-order valence-electron chi connectivity index (χ4n) is 4.35. The first-order chi connectivity index (χ1) is 16.9. The maximum atomic E-state index is 15.5. The average molecular weight is 533 g/mol. The van der Waals surface area contributed by atoms with E-state index in [4.69, 9.17) is 5.73 Å². The van der Waals surface area contributed by atoms with Gasteiger partial charge in [0.15, 0.2) is 5.82 Å². The number of aromatic hydroxyl groups is 1. The van der Waals surface area contributed by atoms with Crippen LogP contribution in [-0.2, 0) is 30.8 Å². The van der Waals surface area contributed by atoms with Gasteiger partial charge < -0.3 is 10.8 Å². The molecule has 1 saturated heterocycles. The zero-order valence-electron chi connectivity index (χ0n) is 18.7. The molecule has 0 spiro atoms. The predicted octanol–water partition coefficient (Wildman–Crippen LogP) is 1.68. The number of nitrogens with one attached hydrogen (secondary N) is 1. The molecule has 188 valence electrons. The van der Waals surface area contributed by atoms with Crippen LogP contribution in [0.2, 0.25) is 0 Å². The Morgan fingerprint density at radius 2 is 1.89 bits per heavy atom. The molecular weight excluding hydrogens is 511 g/mol. The molecule has 13 heteroatoms. The van der Waals surface area contributed by atoms with Crippen molar-refractivity contribution in [2.75, 3.05) is 29.7 Å². The molecule has 4 N–H and O–H groups in total. The van der Waals surface area contributed by atoms with E-state index in [1.54, 1.807) is 47.2 Å². The molecule has 36 heavy (non-hydrogen) atoms. The highest BCUT2D eigenvalue weighted by Gasteiger charge is 2.38. The standard InChI is InChI=1S/C23H21FN4O6S2/c24-22-19-9-15(4-5-16(19)10-20(29)23(22)28-12-21(30)26-36(28,33)34)17-6-7-27(11-17)35(31,32)13-14-2-1-3-18(25)8-14/h1-6,8-10,29H,7,11-13,25H2,(H,26,30). The zero-order valence-corrected chi connectivity index (χ0v) is 20.3. The Morgan fingerprint density at radius 3 is 2.58 bits per heavy atom. The van der Waals surface area contributed by atoms with Crippen molar-refractivity contribution >= 4 is 53.9 Å². The smallest absolute Gasteiger partial charge is 0.326 e. The van der Waals surface area contributed by atoms with Crippen molar-refractivity contribution in [3.05, 3.63) is 71.6 Å². The van der Waals surface area contributed by atoms with Crippen LogP contribution in [0.3, 0.4) is 0 Å². The Bertz CT molecular complexity index is 1670. The lowest BCUT2D eigenvalue weighted by molar-refractivity contribution is -0.117. The van der Waals surface area contributed by atoms with E-state index in [1.165, 1.54) is 16.4 Å². The monoisotopic (exact) mass is 532 g/mol. The van der Waals surface area contributed by atoms with Gasteiger partial charge >= 0.3 is 10.2 Å². The Kier molecular flexibility index (Phi) is 5.65. The van der Waals surface area contributed by atoms with Gasteiger partial charge in [0.2, 0.25) is 10.0 Å².